The second-order valence-electron chi connectivity index (χ2n) is 4.56. The number of nitrogens with zero attached hydrogens (tertiary/aromatic N) is 1. The molecule has 1 aromatic heterocycles. The van der Waals surface area contributed by atoms with E-state index in [1.54, 1.807) is 30.5 Å². The van der Waals surface area contributed by atoms with Crippen LogP contribution in [0.5, 0.6) is 11.6 Å². The summed E-state index contributed by atoms with van der Waals surface area (Å²) in [5.41, 5.74) is 1.57. The van der Waals surface area contributed by atoms with E-state index in [0.717, 1.165) is 22.7 Å². The number of hydrogen-bond donors (Lipinski definition) is 1. The fraction of sp³-hybridized carbons (Fsp3) is 0.0588. The molecule has 4 nitrogen and oxygen atoms in total. The molecule has 0 saturated carbocycles. The number of benzene rings is 2. The third-order valence-corrected chi connectivity index (χ3v) is 3.26. The zero-order valence-corrected chi connectivity index (χ0v) is 11.5. The van der Waals surface area contributed by atoms with Crippen molar-refractivity contribution in [1.82, 2.24) is 4.98 Å². The van der Waals surface area contributed by atoms with Crippen LogP contribution >= 0.6 is 0 Å². The normalized spacial score (nSPS) is 10.3. The van der Waals surface area contributed by atoms with Gasteiger partial charge in [0.25, 0.3) is 0 Å². The maximum atomic E-state index is 10.7. The summed E-state index contributed by atoms with van der Waals surface area (Å²) in [7, 11) is 1.87. The Kier molecular flexibility index (Phi) is 3.51. The second-order valence-corrected chi connectivity index (χ2v) is 4.56. The lowest BCUT2D eigenvalue weighted by atomic mass is 10.1. The molecule has 1 N–H and O–H groups in total. The number of aromatic nitrogens is 1. The van der Waals surface area contributed by atoms with E-state index in [1.807, 2.05) is 31.3 Å². The van der Waals surface area contributed by atoms with Crippen LogP contribution in [0.3, 0.4) is 0 Å². The Morgan fingerprint density at radius 1 is 1.10 bits per heavy atom. The van der Waals surface area contributed by atoms with Gasteiger partial charge in [0.05, 0.1) is 5.39 Å². The van der Waals surface area contributed by atoms with Crippen LogP contribution in [0.1, 0.15) is 10.4 Å². The molecule has 2 aromatic carbocycles. The molecule has 0 aliphatic carbocycles. The summed E-state index contributed by atoms with van der Waals surface area (Å²) in [6.45, 7) is 0. The molecule has 0 unspecified atom stereocenters. The Morgan fingerprint density at radius 3 is 2.62 bits per heavy atom. The number of hydrogen-bond acceptors (Lipinski definition) is 4. The maximum absolute atomic E-state index is 10.7. The maximum Gasteiger partial charge on any atom is 0.229 e. The summed E-state index contributed by atoms with van der Waals surface area (Å²) < 4.78 is 5.87. The lowest BCUT2D eigenvalue weighted by Crippen LogP contribution is -1.94. The first kappa shape index (κ1) is 13.1. The highest BCUT2D eigenvalue weighted by Gasteiger charge is 2.09. The number of fused-ring (bicyclic) bond motifs is 1. The highest BCUT2D eigenvalue weighted by molar-refractivity contribution is 5.97. The quantitative estimate of drug-likeness (QED) is 0.736. The van der Waals surface area contributed by atoms with Gasteiger partial charge in [0.1, 0.15) is 12.0 Å². The van der Waals surface area contributed by atoms with Crippen LogP contribution in [-0.2, 0) is 0 Å². The first-order valence-corrected chi connectivity index (χ1v) is 6.60. The van der Waals surface area contributed by atoms with Gasteiger partial charge >= 0.3 is 0 Å². The summed E-state index contributed by atoms with van der Waals surface area (Å²) in [6, 6.07) is 14.9. The van der Waals surface area contributed by atoms with Gasteiger partial charge in [0.2, 0.25) is 5.88 Å². The Bertz CT molecular complexity index is 777. The fourth-order valence-electron chi connectivity index (χ4n) is 2.21. The fourth-order valence-corrected chi connectivity index (χ4v) is 2.21. The monoisotopic (exact) mass is 278 g/mol. The van der Waals surface area contributed by atoms with Crippen molar-refractivity contribution in [2.24, 2.45) is 0 Å². The van der Waals surface area contributed by atoms with Gasteiger partial charge in [-0.15, -0.1) is 0 Å². The molecule has 3 rings (SSSR count). The van der Waals surface area contributed by atoms with Crippen LogP contribution in [-0.4, -0.2) is 18.3 Å². The van der Waals surface area contributed by atoms with E-state index in [4.69, 9.17) is 4.74 Å². The van der Waals surface area contributed by atoms with E-state index in [1.165, 1.54) is 0 Å². The van der Waals surface area contributed by atoms with Crippen molar-refractivity contribution >= 4 is 22.7 Å². The molecule has 21 heavy (non-hydrogen) atoms. The summed E-state index contributed by atoms with van der Waals surface area (Å²) in [6.07, 6.45) is 2.52. The van der Waals surface area contributed by atoms with Crippen LogP contribution in [0.25, 0.3) is 10.8 Å². The molecule has 0 radical (unpaired) electrons. The van der Waals surface area contributed by atoms with Gasteiger partial charge in [-0.25, -0.2) is 4.98 Å². The third kappa shape index (κ3) is 2.56. The summed E-state index contributed by atoms with van der Waals surface area (Å²) in [5.74, 6) is 1.18. The Labute approximate surface area is 122 Å². The summed E-state index contributed by atoms with van der Waals surface area (Å²) in [4.78, 5) is 15.0. The Hall–Kier alpha value is -2.88. The first-order valence-electron chi connectivity index (χ1n) is 6.60. The number of anilines is 1. The number of aldehydes is 1. The van der Waals surface area contributed by atoms with Crippen LogP contribution in [0, 0.1) is 0 Å². The predicted molar refractivity (Wildman–Crippen MR) is 83.2 cm³/mol. The van der Waals surface area contributed by atoms with E-state index in [9.17, 15) is 4.79 Å². The van der Waals surface area contributed by atoms with Gasteiger partial charge in [-0.1, -0.05) is 12.1 Å². The molecule has 0 fully saturated rings. The molecule has 0 amide bonds. The molecule has 0 aliphatic heterocycles. The standard InChI is InChI=1S/C17H14N2O2/c1-18-15-4-2-3-13-9-10-19-17(16(13)15)21-14-7-5-12(11-20)6-8-14/h2-11,18H,1H3. The largest absolute Gasteiger partial charge is 0.438 e. The van der Waals surface area contributed by atoms with Gasteiger partial charge in [-0.05, 0) is 41.8 Å². The van der Waals surface area contributed by atoms with Crippen LogP contribution in [0.2, 0.25) is 0 Å². The molecule has 4 heteroatoms. The van der Waals surface area contributed by atoms with Crippen LogP contribution < -0.4 is 10.1 Å². The van der Waals surface area contributed by atoms with Gasteiger partial charge < -0.3 is 10.1 Å². The molecule has 0 spiro atoms. The van der Waals surface area contributed by atoms with Crippen molar-refractivity contribution in [2.75, 3.05) is 12.4 Å². The predicted octanol–water partition coefficient (Wildman–Crippen LogP) is 3.88. The van der Waals surface area contributed by atoms with E-state index < -0.39 is 0 Å². The van der Waals surface area contributed by atoms with Gasteiger partial charge in [-0.3, -0.25) is 4.79 Å². The van der Waals surface area contributed by atoms with Crippen LogP contribution in [0.15, 0.2) is 54.7 Å². The minimum atomic E-state index is 0.538. The van der Waals surface area contributed by atoms with E-state index in [2.05, 4.69) is 10.3 Å². The zero-order chi connectivity index (χ0) is 14.7. The van der Waals surface area contributed by atoms with Crippen molar-refractivity contribution in [3.05, 3.63) is 60.3 Å². The van der Waals surface area contributed by atoms with E-state index >= 15 is 0 Å². The van der Waals surface area contributed by atoms with Crippen molar-refractivity contribution in [2.45, 2.75) is 0 Å². The molecule has 0 bridgehead atoms. The number of pyridine rings is 1. The van der Waals surface area contributed by atoms with Gasteiger partial charge in [0, 0.05) is 24.5 Å². The second kappa shape index (κ2) is 5.63. The van der Waals surface area contributed by atoms with Crippen molar-refractivity contribution in [3.8, 4) is 11.6 Å². The molecule has 1 heterocycles. The molecule has 3 aromatic rings. The topological polar surface area (TPSA) is 51.2 Å². The number of ether oxygens (including phenoxy) is 1. The Balaban J connectivity index is 2.05. The molecular formula is C17H14N2O2. The zero-order valence-electron chi connectivity index (χ0n) is 11.5. The van der Waals surface area contributed by atoms with E-state index in [-0.39, 0.29) is 0 Å². The Morgan fingerprint density at radius 2 is 1.90 bits per heavy atom. The summed E-state index contributed by atoms with van der Waals surface area (Å²) in [5, 5.41) is 5.13. The lowest BCUT2D eigenvalue weighted by Gasteiger charge is -2.11. The minimum absolute atomic E-state index is 0.538. The average Bonchev–Trinajstić information content (AvgIpc) is 2.55. The number of rotatable bonds is 4. The molecule has 0 atom stereocenters. The van der Waals surface area contributed by atoms with Gasteiger partial charge in [-0.2, -0.15) is 0 Å². The van der Waals surface area contributed by atoms with Gasteiger partial charge in [0.15, 0.2) is 0 Å². The van der Waals surface area contributed by atoms with Crippen LogP contribution in [0.4, 0.5) is 5.69 Å². The van der Waals surface area contributed by atoms with E-state index in [0.29, 0.717) is 17.2 Å². The molecule has 0 aliphatic rings. The number of carbonyl (C=O) groups is 1. The van der Waals surface area contributed by atoms with Crippen molar-refractivity contribution in [3.63, 3.8) is 0 Å². The SMILES string of the molecule is CNc1cccc2ccnc(Oc3ccc(C=O)cc3)c12. The van der Waals surface area contributed by atoms with Crippen molar-refractivity contribution < 1.29 is 9.53 Å². The number of carbonyl (C=O) groups excluding carboxylic acids is 1. The highest BCUT2D eigenvalue weighted by atomic mass is 16.5. The smallest absolute Gasteiger partial charge is 0.229 e. The molecule has 104 valence electrons. The van der Waals surface area contributed by atoms with Crippen molar-refractivity contribution in [1.29, 1.82) is 0 Å². The number of nitrogens with one attached hydrogen (secondary N) is 1. The lowest BCUT2D eigenvalue weighted by molar-refractivity contribution is 0.112. The summed E-state index contributed by atoms with van der Waals surface area (Å²) >= 11 is 0. The highest BCUT2D eigenvalue weighted by Crippen LogP contribution is 2.33. The molecular weight excluding hydrogens is 264 g/mol. The molecule has 0 saturated heterocycles. The third-order valence-electron chi connectivity index (χ3n) is 3.26. The first-order chi connectivity index (χ1) is 10.3. The minimum Gasteiger partial charge on any atom is -0.438 e. The average molecular weight is 278 g/mol.